The molecule has 1 fully saturated rings. The molecule has 0 atom stereocenters. The highest BCUT2D eigenvalue weighted by Gasteiger charge is 2.66. The Labute approximate surface area is 111 Å². The second kappa shape index (κ2) is 4.29. The van der Waals surface area contributed by atoms with Crippen LogP contribution < -0.4 is 5.32 Å². The topological polar surface area (TPSA) is 29.9 Å². The molecule has 0 aromatic carbocycles. The summed E-state index contributed by atoms with van der Waals surface area (Å²) in [4.78, 5) is 4.63. The molecule has 18 heavy (non-hydrogen) atoms. The third kappa shape index (κ3) is 1.94. The standard InChI is InChI=1S/C15H27N3/c1-7-8-9-16-13-17-11(2)10-18(13)12-14(3,4)15(12,5)6/h10,12H,7-9H2,1-6H3,(H,16,17). The molecule has 1 aliphatic rings. The molecule has 3 heteroatoms. The first-order chi connectivity index (χ1) is 8.32. The number of aromatic nitrogens is 2. The van der Waals surface area contributed by atoms with Crippen molar-refractivity contribution < 1.29 is 0 Å². The van der Waals surface area contributed by atoms with Crippen LogP contribution in [0.3, 0.4) is 0 Å². The fraction of sp³-hybridized carbons (Fsp3) is 0.800. The molecule has 0 bridgehead atoms. The Morgan fingerprint density at radius 3 is 2.39 bits per heavy atom. The van der Waals surface area contributed by atoms with E-state index >= 15 is 0 Å². The lowest BCUT2D eigenvalue weighted by Crippen LogP contribution is -2.09. The molecule has 1 aromatic heterocycles. The maximum Gasteiger partial charge on any atom is 0.203 e. The van der Waals surface area contributed by atoms with E-state index in [9.17, 15) is 0 Å². The summed E-state index contributed by atoms with van der Waals surface area (Å²) in [5, 5.41) is 3.48. The van der Waals surface area contributed by atoms with Gasteiger partial charge in [-0.2, -0.15) is 0 Å². The van der Waals surface area contributed by atoms with Crippen LogP contribution in [-0.4, -0.2) is 16.1 Å². The predicted octanol–water partition coefficient (Wildman–Crippen LogP) is 4.01. The molecule has 0 unspecified atom stereocenters. The second-order valence-corrected chi connectivity index (χ2v) is 6.74. The number of aryl methyl sites for hydroxylation is 1. The van der Waals surface area contributed by atoms with Crippen molar-refractivity contribution in [3.63, 3.8) is 0 Å². The highest BCUT2D eigenvalue weighted by atomic mass is 15.3. The number of imidazole rings is 1. The van der Waals surface area contributed by atoms with E-state index in [0.29, 0.717) is 16.9 Å². The average Bonchev–Trinajstić information content (AvgIpc) is 2.55. The van der Waals surface area contributed by atoms with E-state index in [0.717, 1.165) is 18.2 Å². The van der Waals surface area contributed by atoms with Gasteiger partial charge in [-0.3, -0.25) is 0 Å². The summed E-state index contributed by atoms with van der Waals surface area (Å²) < 4.78 is 2.35. The normalized spacial score (nSPS) is 21.0. The van der Waals surface area contributed by atoms with Crippen molar-refractivity contribution in [1.29, 1.82) is 0 Å². The Hall–Kier alpha value is -0.990. The second-order valence-electron chi connectivity index (χ2n) is 6.74. The maximum absolute atomic E-state index is 4.63. The summed E-state index contributed by atoms with van der Waals surface area (Å²) in [7, 11) is 0. The van der Waals surface area contributed by atoms with E-state index in [2.05, 4.69) is 62.6 Å². The highest BCUT2D eigenvalue weighted by molar-refractivity contribution is 5.34. The number of nitrogens with one attached hydrogen (secondary N) is 1. The van der Waals surface area contributed by atoms with Crippen molar-refractivity contribution in [3.8, 4) is 0 Å². The zero-order chi connectivity index (χ0) is 13.6. The van der Waals surface area contributed by atoms with Crippen molar-refractivity contribution in [3.05, 3.63) is 11.9 Å². The molecule has 0 radical (unpaired) electrons. The zero-order valence-electron chi connectivity index (χ0n) is 12.7. The Morgan fingerprint density at radius 2 is 1.89 bits per heavy atom. The van der Waals surface area contributed by atoms with Gasteiger partial charge in [0.05, 0.1) is 5.69 Å². The first-order valence-corrected chi connectivity index (χ1v) is 7.11. The lowest BCUT2D eigenvalue weighted by Gasteiger charge is -2.11. The Morgan fingerprint density at radius 1 is 1.28 bits per heavy atom. The van der Waals surface area contributed by atoms with Crippen LogP contribution in [0.2, 0.25) is 0 Å². The SMILES string of the molecule is CCCCNc1nc(C)cn1C1C(C)(C)C1(C)C. The van der Waals surface area contributed by atoms with Crippen molar-refractivity contribution in [2.24, 2.45) is 10.8 Å². The summed E-state index contributed by atoms with van der Waals surface area (Å²) in [6.07, 6.45) is 4.60. The van der Waals surface area contributed by atoms with Gasteiger partial charge in [-0.25, -0.2) is 4.98 Å². The number of nitrogens with zero attached hydrogens (tertiary/aromatic N) is 2. The Bertz CT molecular complexity index is 415. The first-order valence-electron chi connectivity index (χ1n) is 7.11. The van der Waals surface area contributed by atoms with Gasteiger partial charge in [-0.1, -0.05) is 41.0 Å². The number of unbranched alkanes of at least 4 members (excludes halogenated alkanes) is 1. The number of hydrogen-bond acceptors (Lipinski definition) is 2. The molecule has 0 saturated heterocycles. The molecule has 0 spiro atoms. The summed E-state index contributed by atoms with van der Waals surface area (Å²) in [6.45, 7) is 14.7. The molecular weight excluding hydrogens is 222 g/mol. The van der Waals surface area contributed by atoms with Crippen LogP contribution in [0.4, 0.5) is 5.95 Å². The molecule has 1 N–H and O–H groups in total. The highest BCUT2D eigenvalue weighted by Crippen LogP contribution is 2.71. The molecule has 1 saturated carbocycles. The van der Waals surface area contributed by atoms with Crippen LogP contribution >= 0.6 is 0 Å². The number of anilines is 1. The van der Waals surface area contributed by atoms with E-state index in [-0.39, 0.29) is 0 Å². The van der Waals surface area contributed by atoms with Crippen LogP contribution in [0.5, 0.6) is 0 Å². The lowest BCUT2D eigenvalue weighted by atomic mass is 10.0. The molecule has 0 aliphatic heterocycles. The van der Waals surface area contributed by atoms with Crippen LogP contribution in [0.1, 0.15) is 59.2 Å². The molecule has 1 aromatic rings. The average molecular weight is 249 g/mol. The smallest absolute Gasteiger partial charge is 0.203 e. The van der Waals surface area contributed by atoms with Crippen molar-refractivity contribution in [1.82, 2.24) is 9.55 Å². The van der Waals surface area contributed by atoms with Crippen LogP contribution in [0, 0.1) is 17.8 Å². The molecular formula is C15H27N3. The van der Waals surface area contributed by atoms with Crippen LogP contribution in [0.25, 0.3) is 0 Å². The summed E-state index contributed by atoms with van der Waals surface area (Å²) in [5.74, 6) is 1.05. The minimum atomic E-state index is 0.349. The van der Waals surface area contributed by atoms with Gasteiger partial charge in [0.1, 0.15) is 0 Å². The van der Waals surface area contributed by atoms with Gasteiger partial charge in [-0.15, -0.1) is 0 Å². The Kier molecular flexibility index (Phi) is 3.20. The third-order valence-electron chi connectivity index (χ3n) is 4.89. The molecule has 2 rings (SSSR count). The van der Waals surface area contributed by atoms with Crippen LogP contribution in [0.15, 0.2) is 6.20 Å². The summed E-state index contributed by atoms with van der Waals surface area (Å²) in [5.41, 5.74) is 1.80. The largest absolute Gasteiger partial charge is 0.356 e. The van der Waals surface area contributed by atoms with E-state index in [4.69, 9.17) is 0 Å². The fourth-order valence-electron chi connectivity index (χ4n) is 3.08. The summed E-state index contributed by atoms with van der Waals surface area (Å²) in [6, 6.07) is 0.551. The van der Waals surface area contributed by atoms with E-state index < -0.39 is 0 Å². The van der Waals surface area contributed by atoms with Crippen molar-refractivity contribution >= 4 is 5.95 Å². The number of hydrogen-bond donors (Lipinski definition) is 1. The van der Waals surface area contributed by atoms with Gasteiger partial charge in [0, 0.05) is 18.8 Å². The Balaban J connectivity index is 2.19. The molecule has 1 aliphatic carbocycles. The van der Waals surface area contributed by atoms with Gasteiger partial charge < -0.3 is 9.88 Å². The molecule has 3 nitrogen and oxygen atoms in total. The van der Waals surface area contributed by atoms with Gasteiger partial charge in [0.15, 0.2) is 0 Å². The zero-order valence-corrected chi connectivity index (χ0v) is 12.7. The van der Waals surface area contributed by atoms with Crippen molar-refractivity contribution in [2.75, 3.05) is 11.9 Å². The molecule has 102 valence electrons. The molecule has 0 amide bonds. The minimum absolute atomic E-state index is 0.349. The van der Waals surface area contributed by atoms with Crippen LogP contribution in [-0.2, 0) is 0 Å². The lowest BCUT2D eigenvalue weighted by molar-refractivity contribution is 0.457. The maximum atomic E-state index is 4.63. The predicted molar refractivity (Wildman–Crippen MR) is 77.0 cm³/mol. The van der Waals surface area contributed by atoms with E-state index in [1.807, 2.05) is 0 Å². The summed E-state index contributed by atoms with van der Waals surface area (Å²) >= 11 is 0. The first kappa shape index (κ1) is 13.4. The molecule has 1 heterocycles. The van der Waals surface area contributed by atoms with Crippen molar-refractivity contribution in [2.45, 2.75) is 60.4 Å². The van der Waals surface area contributed by atoms with E-state index in [1.165, 1.54) is 12.8 Å². The monoisotopic (exact) mass is 249 g/mol. The van der Waals surface area contributed by atoms with Gasteiger partial charge in [0.25, 0.3) is 0 Å². The minimum Gasteiger partial charge on any atom is -0.356 e. The fourth-order valence-corrected chi connectivity index (χ4v) is 3.08. The van der Waals surface area contributed by atoms with Gasteiger partial charge in [0.2, 0.25) is 5.95 Å². The van der Waals surface area contributed by atoms with E-state index in [1.54, 1.807) is 0 Å². The van der Waals surface area contributed by atoms with Gasteiger partial charge >= 0.3 is 0 Å². The quantitative estimate of drug-likeness (QED) is 0.799. The third-order valence-corrected chi connectivity index (χ3v) is 4.89. The number of rotatable bonds is 5. The van der Waals surface area contributed by atoms with Gasteiger partial charge in [-0.05, 0) is 24.2 Å².